The zero-order valence-corrected chi connectivity index (χ0v) is 15.7. The van der Waals surface area contributed by atoms with Crippen LogP contribution < -0.4 is 4.74 Å². The first kappa shape index (κ1) is 17.9. The fourth-order valence-electron chi connectivity index (χ4n) is 4.34. The van der Waals surface area contributed by atoms with Crippen molar-refractivity contribution >= 4 is 5.91 Å². The zero-order chi connectivity index (χ0) is 18.8. The van der Waals surface area contributed by atoms with Crippen LogP contribution in [0.2, 0.25) is 0 Å². The predicted molar refractivity (Wildman–Crippen MR) is 103 cm³/mol. The number of carbonyl (C=O) groups is 1. The second-order valence-corrected chi connectivity index (χ2v) is 7.58. The van der Waals surface area contributed by atoms with Gasteiger partial charge in [-0.25, -0.2) is 0 Å². The molecule has 5 nitrogen and oxygen atoms in total. The van der Waals surface area contributed by atoms with Gasteiger partial charge in [0.2, 0.25) is 5.91 Å². The quantitative estimate of drug-likeness (QED) is 0.884. The molecule has 0 aromatic heterocycles. The molecule has 2 aromatic carbocycles. The van der Waals surface area contributed by atoms with Crippen LogP contribution in [0, 0.1) is 5.92 Å². The summed E-state index contributed by atoms with van der Waals surface area (Å²) in [7, 11) is 1.55. The molecule has 2 bridgehead atoms. The Kier molecular flexibility index (Phi) is 5.03. The third-order valence-electron chi connectivity index (χ3n) is 5.71. The molecule has 0 aliphatic carbocycles. The third kappa shape index (κ3) is 3.78. The second kappa shape index (κ2) is 7.61. The van der Waals surface area contributed by atoms with Crippen molar-refractivity contribution in [2.24, 2.45) is 5.92 Å². The summed E-state index contributed by atoms with van der Waals surface area (Å²) in [6.45, 7) is 3.09. The summed E-state index contributed by atoms with van der Waals surface area (Å²) in [4.78, 5) is 17.4. The van der Waals surface area contributed by atoms with Crippen LogP contribution in [-0.2, 0) is 17.9 Å². The summed E-state index contributed by atoms with van der Waals surface area (Å²) in [6, 6.07) is 16.0. The number of methoxy groups -OCH3 is 1. The van der Waals surface area contributed by atoms with Crippen molar-refractivity contribution < 1.29 is 14.6 Å². The highest BCUT2D eigenvalue weighted by Crippen LogP contribution is 2.32. The Morgan fingerprint density at radius 1 is 1.04 bits per heavy atom. The van der Waals surface area contributed by atoms with E-state index in [0.717, 1.165) is 38.0 Å². The van der Waals surface area contributed by atoms with E-state index < -0.39 is 0 Å². The minimum Gasteiger partial charge on any atom is -0.504 e. The Morgan fingerprint density at radius 3 is 2.59 bits per heavy atom. The molecule has 3 saturated heterocycles. The molecule has 0 radical (unpaired) electrons. The van der Waals surface area contributed by atoms with Crippen LogP contribution in [-0.4, -0.2) is 47.1 Å². The van der Waals surface area contributed by atoms with Crippen LogP contribution in [0.25, 0.3) is 0 Å². The number of phenolic OH excluding ortho intramolecular Hbond substituents is 1. The Labute approximate surface area is 160 Å². The Bertz CT molecular complexity index is 808. The third-order valence-corrected chi connectivity index (χ3v) is 5.71. The van der Waals surface area contributed by atoms with Crippen molar-refractivity contribution in [3.8, 4) is 11.5 Å². The van der Waals surface area contributed by atoms with E-state index in [1.54, 1.807) is 19.2 Å². The topological polar surface area (TPSA) is 53.0 Å². The van der Waals surface area contributed by atoms with E-state index in [0.29, 0.717) is 12.3 Å². The summed E-state index contributed by atoms with van der Waals surface area (Å²) in [6.07, 6.45) is 2.03. The zero-order valence-electron chi connectivity index (χ0n) is 15.7. The number of fused-ring (bicyclic) bond motifs is 4. The van der Waals surface area contributed by atoms with E-state index in [1.807, 2.05) is 24.3 Å². The molecule has 5 rings (SSSR count). The van der Waals surface area contributed by atoms with Crippen LogP contribution in [0.15, 0.2) is 48.5 Å². The average molecular weight is 366 g/mol. The van der Waals surface area contributed by atoms with Crippen LogP contribution in [0.4, 0.5) is 0 Å². The first-order valence-corrected chi connectivity index (χ1v) is 9.56. The van der Waals surface area contributed by atoms with Gasteiger partial charge >= 0.3 is 0 Å². The van der Waals surface area contributed by atoms with Gasteiger partial charge in [0.15, 0.2) is 11.5 Å². The van der Waals surface area contributed by atoms with Gasteiger partial charge in [0.25, 0.3) is 0 Å². The lowest BCUT2D eigenvalue weighted by Gasteiger charge is -2.36. The number of aromatic hydroxyl groups is 1. The van der Waals surface area contributed by atoms with Gasteiger partial charge in [0.05, 0.1) is 13.0 Å². The molecule has 3 fully saturated rings. The molecule has 2 atom stereocenters. The standard InChI is InChI=1S/C22H26N2O3/c1-27-21-10-7-17(11-20(21)25)12-23-14-18-8-9-19(15-23)24(22(18)26)13-16-5-3-2-4-6-16/h2-7,10-11,18-19,25H,8-9,12-15H2,1H3/t18-,19+/m1/s1. The van der Waals surface area contributed by atoms with Gasteiger partial charge in [-0.3, -0.25) is 9.69 Å². The van der Waals surface area contributed by atoms with E-state index in [2.05, 4.69) is 21.9 Å². The SMILES string of the molecule is COc1ccc(CN2C[C@H]3CC[C@@H](C2)N(Cc2ccccc2)C3=O)cc1O. The van der Waals surface area contributed by atoms with Gasteiger partial charge in [-0.15, -0.1) is 0 Å². The van der Waals surface area contributed by atoms with E-state index in [9.17, 15) is 9.90 Å². The van der Waals surface area contributed by atoms with Gasteiger partial charge < -0.3 is 14.7 Å². The summed E-state index contributed by atoms with van der Waals surface area (Å²) < 4.78 is 5.12. The maximum absolute atomic E-state index is 13.0. The highest BCUT2D eigenvalue weighted by atomic mass is 16.5. The molecule has 1 amide bonds. The van der Waals surface area contributed by atoms with Crippen molar-refractivity contribution in [1.29, 1.82) is 0 Å². The van der Waals surface area contributed by atoms with Crippen molar-refractivity contribution in [1.82, 2.24) is 9.80 Å². The molecule has 2 aromatic rings. The number of amides is 1. The van der Waals surface area contributed by atoms with Gasteiger partial charge in [-0.2, -0.15) is 0 Å². The molecule has 3 heterocycles. The Hall–Kier alpha value is -2.53. The molecule has 3 aliphatic heterocycles. The van der Waals surface area contributed by atoms with Gasteiger partial charge in [-0.1, -0.05) is 36.4 Å². The summed E-state index contributed by atoms with van der Waals surface area (Å²) in [5, 5.41) is 10.0. The highest BCUT2D eigenvalue weighted by Gasteiger charge is 2.40. The molecule has 142 valence electrons. The highest BCUT2D eigenvalue weighted by molar-refractivity contribution is 5.80. The lowest BCUT2D eigenvalue weighted by Crippen LogP contribution is -2.47. The number of nitrogens with zero attached hydrogens (tertiary/aromatic N) is 2. The molecule has 0 unspecified atom stereocenters. The number of ether oxygens (including phenoxy) is 1. The fourth-order valence-corrected chi connectivity index (χ4v) is 4.34. The van der Waals surface area contributed by atoms with Crippen molar-refractivity contribution in [2.75, 3.05) is 20.2 Å². The van der Waals surface area contributed by atoms with E-state index in [4.69, 9.17) is 4.74 Å². The minimum atomic E-state index is 0.0688. The summed E-state index contributed by atoms with van der Waals surface area (Å²) in [5.74, 6) is 1.00. The van der Waals surface area contributed by atoms with E-state index in [-0.39, 0.29) is 23.6 Å². The maximum Gasteiger partial charge on any atom is 0.227 e. The number of benzene rings is 2. The van der Waals surface area contributed by atoms with E-state index in [1.165, 1.54) is 5.56 Å². The molecular formula is C22H26N2O3. The van der Waals surface area contributed by atoms with E-state index >= 15 is 0 Å². The second-order valence-electron chi connectivity index (χ2n) is 7.58. The monoisotopic (exact) mass is 366 g/mol. The first-order chi connectivity index (χ1) is 13.1. The number of hydrogen-bond acceptors (Lipinski definition) is 4. The largest absolute Gasteiger partial charge is 0.504 e. The lowest BCUT2D eigenvalue weighted by molar-refractivity contribution is -0.140. The van der Waals surface area contributed by atoms with Crippen LogP contribution in [0.3, 0.4) is 0 Å². The lowest BCUT2D eigenvalue weighted by atomic mass is 9.93. The number of hydrogen-bond donors (Lipinski definition) is 1. The minimum absolute atomic E-state index is 0.0688. The van der Waals surface area contributed by atoms with Crippen molar-refractivity contribution in [3.05, 3.63) is 59.7 Å². The molecule has 5 heteroatoms. The molecule has 0 saturated carbocycles. The van der Waals surface area contributed by atoms with Gasteiger partial charge in [0.1, 0.15) is 0 Å². The van der Waals surface area contributed by atoms with Gasteiger partial charge in [-0.05, 0) is 36.1 Å². The number of carbonyl (C=O) groups excluding carboxylic acids is 1. The maximum atomic E-state index is 13.0. The Morgan fingerprint density at radius 2 is 1.85 bits per heavy atom. The van der Waals surface area contributed by atoms with Crippen molar-refractivity contribution in [3.63, 3.8) is 0 Å². The number of piperidine rings is 1. The smallest absolute Gasteiger partial charge is 0.227 e. The fraction of sp³-hybridized carbons (Fsp3) is 0.409. The predicted octanol–water partition coefficient (Wildman–Crippen LogP) is 3.02. The number of rotatable bonds is 5. The van der Waals surface area contributed by atoms with Crippen LogP contribution in [0.5, 0.6) is 11.5 Å². The summed E-state index contributed by atoms with van der Waals surface area (Å²) in [5.41, 5.74) is 2.22. The molecular weight excluding hydrogens is 340 g/mol. The van der Waals surface area contributed by atoms with Crippen LogP contribution >= 0.6 is 0 Å². The average Bonchev–Trinajstić information content (AvgIpc) is 2.94. The van der Waals surface area contributed by atoms with Crippen molar-refractivity contribution in [2.45, 2.75) is 32.0 Å². The normalized spacial score (nSPS) is 22.7. The van der Waals surface area contributed by atoms with Gasteiger partial charge in [0, 0.05) is 32.2 Å². The molecule has 3 aliphatic rings. The number of phenols is 1. The first-order valence-electron chi connectivity index (χ1n) is 9.56. The van der Waals surface area contributed by atoms with Crippen LogP contribution in [0.1, 0.15) is 24.0 Å². The molecule has 0 spiro atoms. The molecule has 1 N–H and O–H groups in total. The molecule has 27 heavy (non-hydrogen) atoms. The Balaban J connectivity index is 1.49. The summed E-state index contributed by atoms with van der Waals surface area (Å²) >= 11 is 0.